The number of nitrogens with one attached hydrogen (secondary N) is 1. The number of aromatic nitrogens is 3. The summed E-state index contributed by atoms with van der Waals surface area (Å²) in [6, 6.07) is 11.1. The Balaban J connectivity index is 1.80. The second kappa shape index (κ2) is 8.16. The highest BCUT2D eigenvalue weighted by atomic mass is 32.1. The van der Waals surface area contributed by atoms with Gasteiger partial charge in [-0.1, -0.05) is 6.07 Å². The molecule has 3 heterocycles. The van der Waals surface area contributed by atoms with Crippen molar-refractivity contribution in [2.24, 2.45) is 0 Å². The summed E-state index contributed by atoms with van der Waals surface area (Å²) >= 11 is 1.58. The Labute approximate surface area is 178 Å². The van der Waals surface area contributed by atoms with Gasteiger partial charge in [-0.2, -0.15) is 5.10 Å². The first-order valence-electron chi connectivity index (χ1n) is 9.47. The van der Waals surface area contributed by atoms with Crippen LogP contribution in [0.4, 0.5) is 5.69 Å². The molecule has 4 aromatic rings. The van der Waals surface area contributed by atoms with E-state index in [1.807, 2.05) is 42.1 Å². The molecule has 7 nitrogen and oxygen atoms in total. The number of carbonyl (C=O) groups excluding carboxylic acids is 1. The van der Waals surface area contributed by atoms with E-state index in [0.29, 0.717) is 33.8 Å². The molecular weight excluding hydrogens is 400 g/mol. The summed E-state index contributed by atoms with van der Waals surface area (Å²) in [7, 11) is 3.13. The third-order valence-corrected chi connectivity index (χ3v) is 5.62. The van der Waals surface area contributed by atoms with E-state index in [4.69, 9.17) is 14.5 Å². The summed E-state index contributed by atoms with van der Waals surface area (Å²) < 4.78 is 12.5. The zero-order valence-electron chi connectivity index (χ0n) is 17.2. The molecular formula is C22H22N4O3S. The predicted molar refractivity (Wildman–Crippen MR) is 119 cm³/mol. The minimum Gasteiger partial charge on any atom is -0.497 e. The third-order valence-electron chi connectivity index (χ3n) is 4.73. The first kappa shape index (κ1) is 19.9. The Bertz CT molecular complexity index is 1200. The number of rotatable bonds is 6. The molecule has 0 unspecified atom stereocenters. The van der Waals surface area contributed by atoms with Gasteiger partial charge in [-0.05, 0) is 43.5 Å². The highest BCUT2D eigenvalue weighted by molar-refractivity contribution is 7.13. The monoisotopic (exact) mass is 422 g/mol. The van der Waals surface area contributed by atoms with Crippen LogP contribution in [0.2, 0.25) is 0 Å². The normalized spacial score (nSPS) is 11.1. The highest BCUT2D eigenvalue weighted by Gasteiger charge is 2.20. The Hall–Kier alpha value is -3.39. The van der Waals surface area contributed by atoms with E-state index >= 15 is 0 Å². The van der Waals surface area contributed by atoms with Crippen LogP contribution in [-0.2, 0) is 0 Å². The number of methoxy groups -OCH3 is 2. The summed E-state index contributed by atoms with van der Waals surface area (Å²) in [6.07, 6.45) is 1.70. The Morgan fingerprint density at radius 3 is 2.67 bits per heavy atom. The summed E-state index contributed by atoms with van der Waals surface area (Å²) in [4.78, 5) is 19.1. The number of hydrogen-bond acceptors (Lipinski definition) is 6. The van der Waals surface area contributed by atoms with Gasteiger partial charge in [0, 0.05) is 12.1 Å². The van der Waals surface area contributed by atoms with Crippen LogP contribution in [0.25, 0.3) is 21.6 Å². The van der Waals surface area contributed by atoms with Crippen molar-refractivity contribution in [1.82, 2.24) is 14.8 Å². The van der Waals surface area contributed by atoms with Gasteiger partial charge in [0.2, 0.25) is 0 Å². The maximum absolute atomic E-state index is 13.3. The number of hydrogen-bond donors (Lipinski definition) is 1. The van der Waals surface area contributed by atoms with Gasteiger partial charge in [0.15, 0.2) is 5.65 Å². The number of thiophene rings is 1. The molecule has 0 spiro atoms. The lowest BCUT2D eigenvalue weighted by Gasteiger charge is -2.13. The molecule has 4 rings (SSSR count). The number of nitrogens with zero attached hydrogens (tertiary/aromatic N) is 3. The van der Waals surface area contributed by atoms with Crippen LogP contribution in [0.3, 0.4) is 0 Å². The van der Waals surface area contributed by atoms with Gasteiger partial charge in [-0.15, -0.1) is 11.3 Å². The molecule has 0 radical (unpaired) electrons. The van der Waals surface area contributed by atoms with Crippen LogP contribution in [0.15, 0.2) is 48.0 Å². The van der Waals surface area contributed by atoms with Crippen molar-refractivity contribution >= 4 is 34.0 Å². The molecule has 154 valence electrons. The van der Waals surface area contributed by atoms with Gasteiger partial charge in [-0.25, -0.2) is 9.67 Å². The molecule has 0 saturated carbocycles. The largest absolute Gasteiger partial charge is 0.497 e. The van der Waals surface area contributed by atoms with Gasteiger partial charge in [0.1, 0.15) is 11.5 Å². The number of ether oxygens (including phenoxy) is 2. The van der Waals surface area contributed by atoms with Crippen LogP contribution in [0, 0.1) is 0 Å². The standard InChI is InChI=1S/C22H22N4O3S/c1-13(2)26-21-16(12-23-26)15(11-18(24-21)20-6-5-9-30-20)22(27)25-17-8-7-14(28-3)10-19(17)29-4/h5-13H,1-4H3,(H,25,27). The molecule has 1 N–H and O–H groups in total. The van der Waals surface area contributed by atoms with Crippen molar-refractivity contribution in [3.8, 4) is 22.1 Å². The second-order valence-electron chi connectivity index (χ2n) is 6.97. The fraction of sp³-hybridized carbons (Fsp3) is 0.227. The third kappa shape index (κ3) is 3.61. The number of carbonyl (C=O) groups is 1. The number of fused-ring (bicyclic) bond motifs is 1. The topological polar surface area (TPSA) is 78.3 Å². The van der Waals surface area contributed by atoms with E-state index in [1.165, 1.54) is 0 Å². The summed E-state index contributed by atoms with van der Waals surface area (Å²) in [5, 5.41) is 10.1. The zero-order valence-corrected chi connectivity index (χ0v) is 18.0. The number of anilines is 1. The van der Waals surface area contributed by atoms with Crippen LogP contribution in [-0.4, -0.2) is 34.9 Å². The maximum Gasteiger partial charge on any atom is 0.256 e. The number of amides is 1. The fourth-order valence-electron chi connectivity index (χ4n) is 3.23. The Kier molecular flexibility index (Phi) is 5.41. The molecule has 8 heteroatoms. The molecule has 1 amide bonds. The van der Waals surface area contributed by atoms with Gasteiger partial charge in [-0.3, -0.25) is 4.79 Å². The molecule has 0 fully saturated rings. The van der Waals surface area contributed by atoms with Crippen molar-refractivity contribution < 1.29 is 14.3 Å². The first-order chi connectivity index (χ1) is 14.5. The van der Waals surface area contributed by atoms with E-state index in [1.54, 1.807) is 50.0 Å². The fourth-order valence-corrected chi connectivity index (χ4v) is 3.91. The lowest BCUT2D eigenvalue weighted by atomic mass is 10.1. The molecule has 3 aromatic heterocycles. The van der Waals surface area contributed by atoms with Crippen LogP contribution < -0.4 is 14.8 Å². The summed E-state index contributed by atoms with van der Waals surface area (Å²) in [5.41, 5.74) is 2.49. The lowest BCUT2D eigenvalue weighted by molar-refractivity contribution is 0.102. The number of pyridine rings is 1. The van der Waals surface area contributed by atoms with Crippen LogP contribution >= 0.6 is 11.3 Å². The van der Waals surface area contributed by atoms with E-state index in [0.717, 1.165) is 10.6 Å². The van der Waals surface area contributed by atoms with Crippen molar-refractivity contribution in [2.45, 2.75) is 19.9 Å². The molecule has 0 saturated heterocycles. The van der Waals surface area contributed by atoms with E-state index < -0.39 is 0 Å². The molecule has 0 aliphatic rings. The highest BCUT2D eigenvalue weighted by Crippen LogP contribution is 2.32. The predicted octanol–water partition coefficient (Wildman–Crippen LogP) is 5.01. The molecule has 1 aromatic carbocycles. The van der Waals surface area contributed by atoms with Gasteiger partial charge < -0.3 is 14.8 Å². The Morgan fingerprint density at radius 1 is 1.17 bits per heavy atom. The quantitative estimate of drug-likeness (QED) is 0.473. The smallest absolute Gasteiger partial charge is 0.256 e. The van der Waals surface area contributed by atoms with E-state index in [-0.39, 0.29) is 11.9 Å². The summed E-state index contributed by atoms with van der Waals surface area (Å²) in [5.74, 6) is 0.908. The molecule has 0 bridgehead atoms. The molecule has 0 atom stereocenters. The SMILES string of the molecule is COc1ccc(NC(=O)c2cc(-c3cccs3)nc3c2cnn3C(C)C)c(OC)c1. The molecule has 0 aliphatic carbocycles. The van der Waals surface area contributed by atoms with Crippen LogP contribution in [0.1, 0.15) is 30.2 Å². The first-order valence-corrected chi connectivity index (χ1v) is 10.3. The maximum atomic E-state index is 13.3. The second-order valence-corrected chi connectivity index (χ2v) is 7.92. The van der Waals surface area contributed by atoms with Gasteiger partial charge >= 0.3 is 0 Å². The average Bonchev–Trinajstić information content (AvgIpc) is 3.43. The minimum atomic E-state index is -0.257. The van der Waals surface area contributed by atoms with Gasteiger partial charge in [0.05, 0.1) is 47.6 Å². The van der Waals surface area contributed by atoms with Crippen molar-refractivity contribution in [3.63, 3.8) is 0 Å². The van der Waals surface area contributed by atoms with Crippen molar-refractivity contribution in [3.05, 3.63) is 53.5 Å². The van der Waals surface area contributed by atoms with Crippen molar-refractivity contribution in [1.29, 1.82) is 0 Å². The zero-order chi connectivity index (χ0) is 21.3. The van der Waals surface area contributed by atoms with E-state index in [2.05, 4.69) is 10.4 Å². The lowest BCUT2D eigenvalue weighted by Crippen LogP contribution is -2.14. The Morgan fingerprint density at radius 2 is 2.00 bits per heavy atom. The number of benzene rings is 1. The minimum absolute atomic E-state index is 0.117. The van der Waals surface area contributed by atoms with E-state index in [9.17, 15) is 4.79 Å². The van der Waals surface area contributed by atoms with Crippen LogP contribution in [0.5, 0.6) is 11.5 Å². The van der Waals surface area contributed by atoms with Gasteiger partial charge in [0.25, 0.3) is 5.91 Å². The molecule has 30 heavy (non-hydrogen) atoms. The van der Waals surface area contributed by atoms with Crippen molar-refractivity contribution in [2.75, 3.05) is 19.5 Å². The summed E-state index contributed by atoms with van der Waals surface area (Å²) in [6.45, 7) is 4.07. The molecule has 0 aliphatic heterocycles. The average molecular weight is 423 g/mol.